The standard InChI is InChI=1S/C38H60O11/c1-18-15-21(31(34(5,6)45)46-19(2)40)47-29-25(18)35(7)13-14-38-17-37(38)12-11-24(48-32-27(43)26(42)28(49-32)20(41)16-39)33(3,4)22(37)9-10-23(38)36(35,8)30(29)44/h18,20-24,26-28,30-32,39,41-45H,9-17H2,1-8H3. The van der Waals surface area contributed by atoms with Crippen LogP contribution in [0.5, 0.6) is 0 Å². The van der Waals surface area contributed by atoms with Gasteiger partial charge in [0.1, 0.15) is 42.4 Å². The minimum atomic E-state index is -1.36. The Hall–Kier alpha value is -1.31. The fraction of sp³-hybridized carbons (Fsp3) is 0.921. The third-order valence-corrected chi connectivity index (χ3v) is 15.6. The summed E-state index contributed by atoms with van der Waals surface area (Å²) < 4.78 is 24.6. The fourth-order valence-corrected chi connectivity index (χ4v) is 13.3. The van der Waals surface area contributed by atoms with Crippen LogP contribution in [0.15, 0.2) is 11.3 Å². The highest BCUT2D eigenvalue weighted by atomic mass is 16.7. The number of carbonyl (C=O) groups is 1. The maximum absolute atomic E-state index is 12.5. The Morgan fingerprint density at radius 2 is 1.65 bits per heavy atom. The summed E-state index contributed by atoms with van der Waals surface area (Å²) in [5.74, 6) is 0.890. The van der Waals surface area contributed by atoms with E-state index >= 15 is 0 Å². The molecule has 0 aromatic carbocycles. The Bertz CT molecular complexity index is 1370. The maximum Gasteiger partial charge on any atom is 0.303 e. The highest BCUT2D eigenvalue weighted by molar-refractivity contribution is 5.66. The minimum Gasteiger partial charge on any atom is -0.488 e. The zero-order valence-corrected chi connectivity index (χ0v) is 30.5. The summed E-state index contributed by atoms with van der Waals surface area (Å²) in [7, 11) is 0. The molecule has 2 spiro atoms. The molecule has 5 fully saturated rings. The van der Waals surface area contributed by atoms with Crippen LogP contribution in [0.1, 0.15) is 107 Å². The van der Waals surface area contributed by atoms with Crippen molar-refractivity contribution in [3.05, 3.63) is 11.3 Å². The molecule has 7 aliphatic rings. The SMILES string of the molecule is CC(=O)OC(C1CC(C)C2=C(O1)C(O)C1(C)C3CCC4C(C)(C)C(OC5OC(C(O)CO)C(O)C5O)CCC45CC35CCC21C)C(C)(C)O. The number of ether oxygens (including phenoxy) is 4. The average molecular weight is 693 g/mol. The molecule has 11 heteroatoms. The average Bonchev–Trinajstić information content (AvgIpc) is 3.55. The molecule has 5 aliphatic carbocycles. The highest BCUT2D eigenvalue weighted by Crippen LogP contribution is 2.89. The van der Waals surface area contributed by atoms with Crippen LogP contribution in [-0.2, 0) is 23.7 Å². The number of rotatable bonds is 7. The molecule has 16 unspecified atom stereocenters. The van der Waals surface area contributed by atoms with Crippen molar-refractivity contribution in [2.24, 2.45) is 44.8 Å². The normalized spacial score (nSPS) is 51.0. The molecular weight excluding hydrogens is 632 g/mol. The summed E-state index contributed by atoms with van der Waals surface area (Å²) in [6, 6.07) is 0. The lowest BCUT2D eigenvalue weighted by atomic mass is 9.41. The first-order valence-electron chi connectivity index (χ1n) is 18.7. The van der Waals surface area contributed by atoms with Crippen LogP contribution in [0.3, 0.4) is 0 Å². The number of allylic oxidation sites excluding steroid dienone is 1. The molecule has 6 N–H and O–H groups in total. The number of fused-ring (bicyclic) bond motifs is 3. The summed E-state index contributed by atoms with van der Waals surface area (Å²) >= 11 is 0. The zero-order chi connectivity index (χ0) is 35.9. The van der Waals surface area contributed by atoms with E-state index < -0.39 is 72.6 Å². The van der Waals surface area contributed by atoms with E-state index in [1.54, 1.807) is 13.8 Å². The van der Waals surface area contributed by atoms with E-state index in [-0.39, 0.29) is 39.6 Å². The number of hydrogen-bond acceptors (Lipinski definition) is 11. The second kappa shape index (κ2) is 11.3. The fourth-order valence-electron chi connectivity index (χ4n) is 13.3. The Kier molecular flexibility index (Phi) is 8.35. The van der Waals surface area contributed by atoms with Gasteiger partial charge in [0.05, 0.1) is 18.3 Å². The van der Waals surface area contributed by atoms with Crippen LogP contribution < -0.4 is 0 Å². The topological polar surface area (TPSA) is 175 Å². The van der Waals surface area contributed by atoms with Crippen molar-refractivity contribution in [1.82, 2.24) is 0 Å². The second-order valence-corrected chi connectivity index (χ2v) is 18.6. The molecule has 7 rings (SSSR count). The van der Waals surface area contributed by atoms with Crippen molar-refractivity contribution in [3.8, 4) is 0 Å². The molecule has 0 aromatic heterocycles. The van der Waals surface area contributed by atoms with Crippen LogP contribution in [0.25, 0.3) is 0 Å². The lowest BCUT2D eigenvalue weighted by molar-refractivity contribution is -0.247. The molecule has 0 amide bonds. The van der Waals surface area contributed by atoms with Gasteiger partial charge < -0.3 is 49.6 Å². The van der Waals surface area contributed by atoms with E-state index in [4.69, 9.17) is 18.9 Å². The van der Waals surface area contributed by atoms with Gasteiger partial charge >= 0.3 is 5.97 Å². The molecular formula is C38H60O11. The predicted octanol–water partition coefficient (Wildman–Crippen LogP) is 2.96. The molecule has 49 heavy (non-hydrogen) atoms. The van der Waals surface area contributed by atoms with Gasteiger partial charge in [0.2, 0.25) is 0 Å². The van der Waals surface area contributed by atoms with Gasteiger partial charge in [-0.25, -0.2) is 0 Å². The molecule has 11 nitrogen and oxygen atoms in total. The molecule has 0 radical (unpaired) electrons. The maximum atomic E-state index is 12.5. The third-order valence-electron chi connectivity index (χ3n) is 15.6. The lowest BCUT2D eigenvalue weighted by Crippen LogP contribution is -2.60. The van der Waals surface area contributed by atoms with Crippen molar-refractivity contribution in [3.63, 3.8) is 0 Å². The third kappa shape index (κ3) is 4.71. The van der Waals surface area contributed by atoms with Gasteiger partial charge in [-0.3, -0.25) is 4.79 Å². The van der Waals surface area contributed by atoms with E-state index in [1.165, 1.54) is 12.5 Å². The molecule has 278 valence electrons. The van der Waals surface area contributed by atoms with Crippen LogP contribution in [0, 0.1) is 44.8 Å². The van der Waals surface area contributed by atoms with Crippen LogP contribution in [0.2, 0.25) is 0 Å². The van der Waals surface area contributed by atoms with Crippen LogP contribution >= 0.6 is 0 Å². The van der Waals surface area contributed by atoms with Crippen molar-refractivity contribution in [2.75, 3.05) is 6.61 Å². The van der Waals surface area contributed by atoms with Gasteiger partial charge in [-0.05, 0) is 105 Å². The second-order valence-electron chi connectivity index (χ2n) is 18.6. The van der Waals surface area contributed by atoms with Gasteiger partial charge in [0.15, 0.2) is 12.4 Å². The van der Waals surface area contributed by atoms with Gasteiger partial charge in [-0.1, -0.05) is 34.6 Å². The van der Waals surface area contributed by atoms with E-state index in [2.05, 4.69) is 34.6 Å². The number of carbonyl (C=O) groups excluding carboxylic acids is 1. The van der Waals surface area contributed by atoms with E-state index in [9.17, 15) is 35.4 Å². The molecule has 4 saturated carbocycles. The van der Waals surface area contributed by atoms with E-state index in [1.807, 2.05) is 0 Å². The minimum absolute atomic E-state index is 0.0884. The summed E-state index contributed by atoms with van der Waals surface area (Å²) in [4.78, 5) is 12.1. The smallest absolute Gasteiger partial charge is 0.303 e. The Labute approximate surface area is 290 Å². The van der Waals surface area contributed by atoms with Gasteiger partial charge in [-0.15, -0.1) is 0 Å². The summed E-state index contributed by atoms with van der Waals surface area (Å²) in [6.07, 6.45) is -1.24. The van der Waals surface area contributed by atoms with Crippen LogP contribution in [0.4, 0.5) is 0 Å². The molecule has 2 aliphatic heterocycles. The van der Waals surface area contributed by atoms with E-state index in [0.29, 0.717) is 18.1 Å². The summed E-state index contributed by atoms with van der Waals surface area (Å²) in [5, 5.41) is 64.3. The Morgan fingerprint density at radius 3 is 2.29 bits per heavy atom. The number of aliphatic hydroxyl groups excluding tert-OH is 5. The van der Waals surface area contributed by atoms with Crippen molar-refractivity contribution in [2.45, 2.75) is 167 Å². The largest absolute Gasteiger partial charge is 0.488 e. The van der Waals surface area contributed by atoms with Crippen molar-refractivity contribution >= 4 is 5.97 Å². The van der Waals surface area contributed by atoms with Gasteiger partial charge in [0, 0.05) is 17.8 Å². The van der Waals surface area contributed by atoms with Crippen molar-refractivity contribution < 1.29 is 54.4 Å². The van der Waals surface area contributed by atoms with E-state index in [0.717, 1.165) is 44.9 Å². The first-order chi connectivity index (χ1) is 22.7. The Morgan fingerprint density at radius 1 is 1.00 bits per heavy atom. The quantitative estimate of drug-likeness (QED) is 0.217. The lowest BCUT2D eigenvalue weighted by Gasteiger charge is -2.63. The summed E-state index contributed by atoms with van der Waals surface area (Å²) in [5.41, 5.74) is -0.872. The highest BCUT2D eigenvalue weighted by Gasteiger charge is 2.83. The van der Waals surface area contributed by atoms with Gasteiger partial charge in [0.25, 0.3) is 0 Å². The molecule has 16 atom stereocenters. The molecule has 0 aromatic rings. The number of aliphatic hydroxyl groups is 6. The molecule has 0 bridgehead atoms. The monoisotopic (exact) mass is 692 g/mol. The summed E-state index contributed by atoms with van der Waals surface area (Å²) in [6.45, 7) is 15.3. The zero-order valence-electron chi connectivity index (χ0n) is 30.5. The number of esters is 1. The van der Waals surface area contributed by atoms with Crippen LogP contribution in [-0.4, -0.2) is 104 Å². The Balaban J connectivity index is 1.13. The van der Waals surface area contributed by atoms with Crippen molar-refractivity contribution in [1.29, 1.82) is 0 Å². The number of hydrogen-bond donors (Lipinski definition) is 6. The molecule has 1 saturated heterocycles. The molecule has 2 heterocycles. The first-order valence-corrected chi connectivity index (χ1v) is 18.7. The first kappa shape index (κ1) is 36.1. The van der Waals surface area contributed by atoms with Gasteiger partial charge in [-0.2, -0.15) is 0 Å². The predicted molar refractivity (Wildman–Crippen MR) is 176 cm³/mol.